The summed E-state index contributed by atoms with van der Waals surface area (Å²) >= 11 is 0. The molecule has 1 rings (SSSR count). The van der Waals surface area contributed by atoms with Crippen LogP contribution in [0.15, 0.2) is 18.2 Å². The Kier molecular flexibility index (Phi) is 4.78. The first kappa shape index (κ1) is 13.3. The van der Waals surface area contributed by atoms with Crippen LogP contribution in [-0.4, -0.2) is 31.4 Å². The molecule has 0 bridgehead atoms. The molecule has 5 nitrogen and oxygen atoms in total. The Hall–Kier alpha value is -1.75. The molecule has 5 heteroatoms. The van der Waals surface area contributed by atoms with E-state index in [-0.39, 0.29) is 6.61 Å². The molecular weight excluding hydrogens is 224 g/mol. The Bertz CT molecular complexity index is 388. The first-order valence-corrected chi connectivity index (χ1v) is 5.14. The maximum Gasteiger partial charge on any atom is 0.346 e. The second kappa shape index (κ2) is 6.10. The monoisotopic (exact) mass is 240 g/mol. The molecule has 1 N–H and O–H groups in total. The summed E-state index contributed by atoms with van der Waals surface area (Å²) in [6.07, 6.45) is -0.739. The fraction of sp³-hybridized carbons (Fsp3) is 0.417. The van der Waals surface area contributed by atoms with Crippen molar-refractivity contribution in [2.24, 2.45) is 0 Å². The number of aliphatic hydroxyl groups excluding tert-OH is 1. The van der Waals surface area contributed by atoms with Crippen molar-refractivity contribution < 1.29 is 24.1 Å². The van der Waals surface area contributed by atoms with E-state index < -0.39 is 12.1 Å². The highest BCUT2D eigenvalue weighted by Gasteiger charge is 2.16. The summed E-state index contributed by atoms with van der Waals surface area (Å²) in [5, 5.41) is 9.15. The molecule has 0 radical (unpaired) electrons. The fourth-order valence-corrected chi connectivity index (χ4v) is 1.31. The van der Waals surface area contributed by atoms with E-state index in [2.05, 4.69) is 4.74 Å². The lowest BCUT2D eigenvalue weighted by atomic mass is 10.2. The quantitative estimate of drug-likeness (QED) is 0.781. The highest BCUT2D eigenvalue weighted by Crippen LogP contribution is 2.25. The molecule has 1 unspecified atom stereocenters. The van der Waals surface area contributed by atoms with Gasteiger partial charge in [0.2, 0.25) is 0 Å². The van der Waals surface area contributed by atoms with Crippen molar-refractivity contribution in [3.63, 3.8) is 0 Å². The fourth-order valence-electron chi connectivity index (χ4n) is 1.31. The number of carbonyl (C=O) groups is 1. The summed E-state index contributed by atoms with van der Waals surface area (Å²) in [6, 6.07) is 5.00. The lowest BCUT2D eigenvalue weighted by Crippen LogP contribution is -2.25. The number of ether oxygens (including phenoxy) is 3. The van der Waals surface area contributed by atoms with Crippen molar-refractivity contribution in [1.82, 2.24) is 0 Å². The molecular formula is C12H16O5. The smallest absolute Gasteiger partial charge is 0.346 e. The summed E-state index contributed by atoms with van der Waals surface area (Å²) in [6.45, 7) is 1.40. The topological polar surface area (TPSA) is 65.0 Å². The van der Waals surface area contributed by atoms with Gasteiger partial charge in [0.15, 0.2) is 6.10 Å². The van der Waals surface area contributed by atoms with Crippen molar-refractivity contribution in [1.29, 1.82) is 0 Å². The van der Waals surface area contributed by atoms with Gasteiger partial charge >= 0.3 is 5.97 Å². The first-order valence-electron chi connectivity index (χ1n) is 5.14. The summed E-state index contributed by atoms with van der Waals surface area (Å²) in [7, 11) is 2.82. The van der Waals surface area contributed by atoms with Gasteiger partial charge in [-0.15, -0.1) is 0 Å². The zero-order valence-corrected chi connectivity index (χ0v) is 10.1. The van der Waals surface area contributed by atoms with E-state index in [0.717, 1.165) is 0 Å². The van der Waals surface area contributed by atoms with E-state index >= 15 is 0 Å². The summed E-state index contributed by atoms with van der Waals surface area (Å²) in [5.74, 6) is 0.524. The zero-order chi connectivity index (χ0) is 12.8. The molecule has 0 saturated heterocycles. The van der Waals surface area contributed by atoms with Gasteiger partial charge in [0, 0.05) is 11.6 Å². The minimum absolute atomic E-state index is 0.173. The maximum atomic E-state index is 11.2. The lowest BCUT2D eigenvalue weighted by molar-refractivity contribution is -0.147. The molecule has 0 aliphatic rings. The van der Waals surface area contributed by atoms with Crippen molar-refractivity contribution >= 4 is 5.97 Å². The predicted molar refractivity (Wildman–Crippen MR) is 61.0 cm³/mol. The van der Waals surface area contributed by atoms with Gasteiger partial charge in [-0.2, -0.15) is 0 Å². The van der Waals surface area contributed by atoms with E-state index in [0.29, 0.717) is 17.1 Å². The van der Waals surface area contributed by atoms with Crippen LogP contribution in [0.5, 0.6) is 11.5 Å². The third-order valence-corrected chi connectivity index (χ3v) is 2.28. The zero-order valence-electron chi connectivity index (χ0n) is 10.1. The highest BCUT2D eigenvalue weighted by atomic mass is 16.6. The first-order chi connectivity index (χ1) is 8.12. The number of aliphatic hydroxyl groups is 1. The molecule has 1 atom stereocenters. The molecule has 0 heterocycles. The number of benzene rings is 1. The van der Waals surface area contributed by atoms with Gasteiger partial charge in [0.05, 0.1) is 20.8 Å². The number of carbonyl (C=O) groups excluding carboxylic acids is 1. The largest absolute Gasteiger partial charge is 0.497 e. The molecule has 0 aliphatic carbocycles. The molecule has 94 valence electrons. The van der Waals surface area contributed by atoms with Crippen LogP contribution in [0.1, 0.15) is 12.5 Å². The average molecular weight is 240 g/mol. The Morgan fingerprint density at radius 1 is 1.41 bits per heavy atom. The lowest BCUT2D eigenvalue weighted by Gasteiger charge is -2.15. The average Bonchev–Trinajstić information content (AvgIpc) is 2.37. The third kappa shape index (κ3) is 3.35. The summed E-state index contributed by atoms with van der Waals surface area (Å²) in [5.41, 5.74) is 0.585. The van der Waals surface area contributed by atoms with Gasteiger partial charge in [-0.3, -0.25) is 0 Å². The molecule has 1 aromatic carbocycles. The molecule has 0 aliphatic heterocycles. The van der Waals surface area contributed by atoms with E-state index in [1.54, 1.807) is 25.1 Å². The minimum Gasteiger partial charge on any atom is -0.497 e. The molecule has 0 aromatic heterocycles. The number of hydrogen-bond acceptors (Lipinski definition) is 5. The molecule has 0 amide bonds. The molecule has 0 spiro atoms. The van der Waals surface area contributed by atoms with Gasteiger partial charge in [0.1, 0.15) is 11.5 Å². The van der Waals surface area contributed by atoms with Crippen LogP contribution in [0.25, 0.3) is 0 Å². The number of esters is 1. The second-order valence-corrected chi connectivity index (χ2v) is 3.42. The van der Waals surface area contributed by atoms with Gasteiger partial charge in [-0.05, 0) is 19.1 Å². The predicted octanol–water partition coefficient (Wildman–Crippen LogP) is 1.13. The van der Waals surface area contributed by atoms with Crippen LogP contribution in [0.4, 0.5) is 0 Å². The van der Waals surface area contributed by atoms with E-state index in [4.69, 9.17) is 14.6 Å². The second-order valence-electron chi connectivity index (χ2n) is 3.42. The number of rotatable bonds is 5. The number of methoxy groups -OCH3 is 2. The number of hydrogen-bond donors (Lipinski definition) is 1. The summed E-state index contributed by atoms with van der Waals surface area (Å²) in [4.78, 5) is 11.2. The Balaban J connectivity index is 2.91. The van der Waals surface area contributed by atoms with Crippen molar-refractivity contribution in [3.05, 3.63) is 23.8 Å². The van der Waals surface area contributed by atoms with Crippen LogP contribution in [0, 0.1) is 0 Å². The van der Waals surface area contributed by atoms with Gasteiger partial charge in [-0.25, -0.2) is 4.79 Å². The van der Waals surface area contributed by atoms with Crippen LogP contribution in [-0.2, 0) is 16.1 Å². The van der Waals surface area contributed by atoms with E-state index in [1.807, 2.05) is 0 Å². The Morgan fingerprint density at radius 3 is 2.65 bits per heavy atom. The minimum atomic E-state index is -0.739. The standard InChI is InChI=1S/C12H16O5/c1-8(12(14)16-3)17-11-6-10(15-2)5-4-9(11)7-13/h4-6,8,13H,7H2,1-3H3. The van der Waals surface area contributed by atoms with Crippen LogP contribution >= 0.6 is 0 Å². The van der Waals surface area contributed by atoms with Crippen LogP contribution in [0.3, 0.4) is 0 Å². The third-order valence-electron chi connectivity index (χ3n) is 2.28. The normalized spacial score (nSPS) is 11.8. The van der Waals surface area contributed by atoms with Crippen LogP contribution < -0.4 is 9.47 Å². The Labute approximate surface area is 99.9 Å². The molecule has 1 aromatic rings. The molecule has 0 saturated carbocycles. The van der Waals surface area contributed by atoms with Gasteiger partial charge in [-0.1, -0.05) is 0 Å². The van der Waals surface area contributed by atoms with Crippen molar-refractivity contribution in [2.75, 3.05) is 14.2 Å². The summed E-state index contributed by atoms with van der Waals surface area (Å²) < 4.78 is 15.0. The maximum absolute atomic E-state index is 11.2. The molecule has 0 fully saturated rings. The van der Waals surface area contributed by atoms with Crippen molar-refractivity contribution in [3.8, 4) is 11.5 Å². The van der Waals surface area contributed by atoms with Crippen molar-refractivity contribution in [2.45, 2.75) is 19.6 Å². The SMILES string of the molecule is COC(=O)C(C)Oc1cc(OC)ccc1CO. The van der Waals surface area contributed by atoms with Gasteiger partial charge in [0.25, 0.3) is 0 Å². The van der Waals surface area contributed by atoms with Crippen LogP contribution in [0.2, 0.25) is 0 Å². The van der Waals surface area contributed by atoms with E-state index in [9.17, 15) is 4.79 Å². The Morgan fingerprint density at radius 2 is 2.12 bits per heavy atom. The van der Waals surface area contributed by atoms with Gasteiger partial charge < -0.3 is 19.3 Å². The molecule has 17 heavy (non-hydrogen) atoms. The van der Waals surface area contributed by atoms with E-state index in [1.165, 1.54) is 14.2 Å². The highest BCUT2D eigenvalue weighted by molar-refractivity contribution is 5.74.